The Morgan fingerprint density at radius 3 is 2.74 bits per heavy atom. The highest BCUT2D eigenvalue weighted by atomic mass is 16.3. The number of rotatable bonds is 4. The van der Waals surface area contributed by atoms with Crippen molar-refractivity contribution in [1.29, 1.82) is 0 Å². The molecule has 1 fully saturated rings. The zero-order valence-electron chi connectivity index (χ0n) is 17.7. The van der Waals surface area contributed by atoms with Crippen LogP contribution in [-0.4, -0.2) is 43.4 Å². The smallest absolute Gasteiger partial charge is 0.256 e. The maximum Gasteiger partial charge on any atom is 0.256 e. The van der Waals surface area contributed by atoms with Gasteiger partial charge in [0.05, 0.1) is 23.6 Å². The van der Waals surface area contributed by atoms with Crippen molar-refractivity contribution in [2.45, 2.75) is 39.2 Å². The average Bonchev–Trinajstić information content (AvgIpc) is 3.44. The molecule has 0 saturated carbocycles. The number of carbonyl (C=O) groups excluding carboxylic acids is 1. The quantitative estimate of drug-likeness (QED) is 0.499. The van der Waals surface area contributed by atoms with Crippen LogP contribution in [0.25, 0.3) is 16.8 Å². The van der Waals surface area contributed by atoms with E-state index in [1.54, 1.807) is 12.4 Å². The van der Waals surface area contributed by atoms with Crippen LogP contribution in [0.3, 0.4) is 0 Å². The predicted molar refractivity (Wildman–Crippen MR) is 117 cm³/mol. The SMILES string of the molecule is Cc1ccc(-n2nccn2)c(C(=O)N2C[C@@H](Cc3nc4ccccc4o3)CC[C@H]2C)c1. The number of aromatic nitrogens is 4. The van der Waals surface area contributed by atoms with Gasteiger partial charge in [0.2, 0.25) is 0 Å². The van der Waals surface area contributed by atoms with E-state index in [0.717, 1.165) is 41.8 Å². The summed E-state index contributed by atoms with van der Waals surface area (Å²) in [5.74, 6) is 1.07. The zero-order chi connectivity index (χ0) is 21.4. The minimum Gasteiger partial charge on any atom is -0.441 e. The van der Waals surface area contributed by atoms with Crippen LogP contribution in [-0.2, 0) is 6.42 Å². The van der Waals surface area contributed by atoms with E-state index in [1.807, 2.05) is 54.3 Å². The summed E-state index contributed by atoms with van der Waals surface area (Å²) in [5, 5.41) is 8.46. The molecule has 2 aromatic carbocycles. The molecule has 1 saturated heterocycles. The highest BCUT2D eigenvalue weighted by Crippen LogP contribution is 2.28. The maximum atomic E-state index is 13.6. The van der Waals surface area contributed by atoms with Crippen LogP contribution in [0.15, 0.2) is 59.3 Å². The lowest BCUT2D eigenvalue weighted by molar-refractivity contribution is 0.0554. The van der Waals surface area contributed by atoms with Crippen molar-refractivity contribution < 1.29 is 9.21 Å². The van der Waals surface area contributed by atoms with E-state index in [0.29, 0.717) is 23.7 Å². The summed E-state index contributed by atoms with van der Waals surface area (Å²) in [7, 11) is 0. The van der Waals surface area contributed by atoms with Crippen LogP contribution in [0.2, 0.25) is 0 Å². The van der Waals surface area contributed by atoms with Gasteiger partial charge in [-0.05, 0) is 56.9 Å². The summed E-state index contributed by atoms with van der Waals surface area (Å²) in [6.45, 7) is 4.79. The fraction of sp³-hybridized carbons (Fsp3) is 0.333. The van der Waals surface area contributed by atoms with E-state index in [2.05, 4.69) is 22.1 Å². The van der Waals surface area contributed by atoms with Crippen molar-refractivity contribution >= 4 is 17.0 Å². The van der Waals surface area contributed by atoms with E-state index in [1.165, 1.54) is 4.80 Å². The second-order valence-corrected chi connectivity index (χ2v) is 8.37. The van der Waals surface area contributed by atoms with Crippen LogP contribution in [0.5, 0.6) is 0 Å². The molecule has 158 valence electrons. The minimum absolute atomic E-state index is 0.0192. The standard InChI is InChI=1S/C24H25N5O2/c1-16-7-10-21(29-25-11-12-26-29)19(13-16)24(30)28-15-18(9-8-17(28)2)14-23-27-20-5-3-4-6-22(20)31-23/h3-7,10-13,17-18H,8-9,14-15H2,1-2H3/t17-,18-/m1/s1. The number of para-hydroxylation sites is 2. The largest absolute Gasteiger partial charge is 0.441 e. The van der Waals surface area contributed by atoms with Gasteiger partial charge in [-0.2, -0.15) is 15.0 Å². The third-order valence-corrected chi connectivity index (χ3v) is 6.06. The fourth-order valence-corrected chi connectivity index (χ4v) is 4.38. The van der Waals surface area contributed by atoms with Gasteiger partial charge >= 0.3 is 0 Å². The summed E-state index contributed by atoms with van der Waals surface area (Å²) < 4.78 is 5.93. The van der Waals surface area contributed by atoms with E-state index in [9.17, 15) is 4.79 Å². The molecule has 0 unspecified atom stereocenters. The van der Waals surface area contributed by atoms with Gasteiger partial charge < -0.3 is 9.32 Å². The number of benzene rings is 2. The number of amides is 1. The topological polar surface area (TPSA) is 77.1 Å². The fourth-order valence-electron chi connectivity index (χ4n) is 4.38. The highest BCUT2D eigenvalue weighted by Gasteiger charge is 2.32. The molecule has 3 heterocycles. The molecule has 1 amide bonds. The second kappa shape index (κ2) is 7.98. The normalized spacial score (nSPS) is 19.1. The van der Waals surface area contributed by atoms with Gasteiger partial charge in [-0.3, -0.25) is 4.79 Å². The number of piperidine rings is 1. The summed E-state index contributed by atoms with van der Waals surface area (Å²) in [4.78, 5) is 21.8. The van der Waals surface area contributed by atoms with Crippen molar-refractivity contribution in [3.8, 4) is 5.69 Å². The van der Waals surface area contributed by atoms with Gasteiger partial charge in [0.1, 0.15) is 5.52 Å². The Morgan fingerprint density at radius 2 is 1.94 bits per heavy atom. The van der Waals surface area contributed by atoms with E-state index < -0.39 is 0 Å². The average molecular weight is 415 g/mol. The third-order valence-electron chi connectivity index (χ3n) is 6.06. The van der Waals surface area contributed by atoms with Gasteiger partial charge in [0.15, 0.2) is 11.5 Å². The Hall–Kier alpha value is -3.48. The van der Waals surface area contributed by atoms with Crippen molar-refractivity contribution in [2.24, 2.45) is 5.92 Å². The Labute approximate surface area is 180 Å². The van der Waals surface area contributed by atoms with Gasteiger partial charge in [-0.1, -0.05) is 23.8 Å². The van der Waals surface area contributed by atoms with Gasteiger partial charge in [-0.15, -0.1) is 0 Å². The lowest BCUT2D eigenvalue weighted by Crippen LogP contribution is -2.46. The van der Waals surface area contributed by atoms with Crippen LogP contribution >= 0.6 is 0 Å². The molecule has 2 aromatic heterocycles. The van der Waals surface area contributed by atoms with Crippen LogP contribution in [0.4, 0.5) is 0 Å². The molecular formula is C24H25N5O2. The second-order valence-electron chi connectivity index (χ2n) is 8.37. The first-order valence-electron chi connectivity index (χ1n) is 10.7. The van der Waals surface area contributed by atoms with Gasteiger partial charge in [0, 0.05) is 19.0 Å². The molecule has 0 N–H and O–H groups in total. The first-order chi connectivity index (χ1) is 15.1. The summed E-state index contributed by atoms with van der Waals surface area (Å²) in [5.41, 5.74) is 4.06. The monoisotopic (exact) mass is 415 g/mol. The number of aryl methyl sites for hydroxylation is 1. The van der Waals surface area contributed by atoms with Gasteiger partial charge in [0.25, 0.3) is 5.91 Å². The molecule has 0 spiro atoms. The zero-order valence-corrected chi connectivity index (χ0v) is 17.7. The van der Waals surface area contributed by atoms with E-state index in [-0.39, 0.29) is 11.9 Å². The molecule has 7 heteroatoms. The number of likely N-dealkylation sites (tertiary alicyclic amines) is 1. The molecule has 31 heavy (non-hydrogen) atoms. The number of hydrogen-bond acceptors (Lipinski definition) is 5. The number of hydrogen-bond donors (Lipinski definition) is 0. The molecule has 0 bridgehead atoms. The summed E-state index contributed by atoms with van der Waals surface area (Å²) in [6.07, 6.45) is 5.97. The van der Waals surface area contributed by atoms with Crippen LogP contribution in [0, 0.1) is 12.8 Å². The first kappa shape index (κ1) is 19.5. The molecule has 7 nitrogen and oxygen atoms in total. The van der Waals surface area contributed by atoms with E-state index >= 15 is 0 Å². The van der Waals surface area contributed by atoms with E-state index in [4.69, 9.17) is 4.42 Å². The minimum atomic E-state index is 0.0192. The Kier molecular flexibility index (Phi) is 5.02. The molecular weight excluding hydrogens is 390 g/mol. The first-order valence-corrected chi connectivity index (χ1v) is 10.7. The summed E-state index contributed by atoms with van der Waals surface area (Å²) in [6, 6.07) is 13.8. The van der Waals surface area contributed by atoms with Gasteiger partial charge in [-0.25, -0.2) is 4.98 Å². The predicted octanol–water partition coefficient (Wildman–Crippen LogP) is 4.20. The molecule has 0 aliphatic carbocycles. The molecule has 1 aliphatic rings. The lowest BCUT2D eigenvalue weighted by Gasteiger charge is -2.38. The molecule has 2 atom stereocenters. The number of nitrogens with zero attached hydrogens (tertiary/aromatic N) is 5. The Morgan fingerprint density at radius 1 is 1.13 bits per heavy atom. The lowest BCUT2D eigenvalue weighted by atomic mass is 9.90. The summed E-state index contributed by atoms with van der Waals surface area (Å²) >= 11 is 0. The number of carbonyl (C=O) groups is 1. The number of fused-ring (bicyclic) bond motifs is 1. The van der Waals surface area contributed by atoms with Crippen LogP contribution in [0.1, 0.15) is 41.6 Å². The Balaban J connectivity index is 1.39. The van der Waals surface area contributed by atoms with Crippen molar-refractivity contribution in [3.05, 3.63) is 71.9 Å². The molecule has 1 aliphatic heterocycles. The third kappa shape index (κ3) is 3.83. The number of oxazole rings is 1. The molecule has 4 aromatic rings. The van der Waals surface area contributed by atoms with Crippen molar-refractivity contribution in [3.63, 3.8) is 0 Å². The highest BCUT2D eigenvalue weighted by molar-refractivity contribution is 5.98. The van der Waals surface area contributed by atoms with Crippen molar-refractivity contribution in [2.75, 3.05) is 6.54 Å². The maximum absolute atomic E-state index is 13.6. The molecule has 0 radical (unpaired) electrons. The van der Waals surface area contributed by atoms with Crippen LogP contribution < -0.4 is 0 Å². The molecule has 5 rings (SSSR count). The Bertz CT molecular complexity index is 1180. The van der Waals surface area contributed by atoms with Crippen molar-refractivity contribution in [1.82, 2.24) is 24.9 Å².